The summed E-state index contributed by atoms with van der Waals surface area (Å²) in [6.07, 6.45) is 5.40. The van der Waals surface area contributed by atoms with E-state index in [2.05, 4.69) is 20.6 Å². The third-order valence-corrected chi connectivity index (χ3v) is 2.86. The Bertz CT molecular complexity index is 339. The van der Waals surface area contributed by atoms with Gasteiger partial charge in [-0.25, -0.2) is 4.98 Å². The summed E-state index contributed by atoms with van der Waals surface area (Å²) in [7, 11) is 0. The number of anilines is 1. The lowest BCUT2D eigenvalue weighted by Crippen LogP contribution is -2.24. The first-order valence-electron chi connectivity index (χ1n) is 6.31. The summed E-state index contributed by atoms with van der Waals surface area (Å²) in [4.78, 5) is 8.42. The van der Waals surface area contributed by atoms with Crippen LogP contribution in [0.25, 0.3) is 0 Å². The first kappa shape index (κ1) is 12.1. The van der Waals surface area contributed by atoms with Crippen LogP contribution in [0.3, 0.4) is 0 Å². The normalized spacial score (nSPS) is 19.2. The highest BCUT2D eigenvalue weighted by molar-refractivity contribution is 5.27. The lowest BCUT2D eigenvalue weighted by molar-refractivity contribution is 0.326. The third kappa shape index (κ3) is 3.85. The summed E-state index contributed by atoms with van der Waals surface area (Å²) in [5, 5.41) is 6.70. The topological polar surface area (TPSA) is 59.1 Å². The van der Waals surface area contributed by atoms with E-state index in [1.807, 2.05) is 6.92 Å². The quantitative estimate of drug-likeness (QED) is 0.782. The van der Waals surface area contributed by atoms with Crippen molar-refractivity contribution < 1.29 is 4.74 Å². The number of aromatic nitrogens is 2. The molecule has 0 spiro atoms. The standard InChI is InChI=1S/C12H20N4O/c1-2-17-11-6-9-15-12(16-11)14-8-5-10-4-3-7-13-10/h6,9-10,13H,2-5,7-8H2,1H3,(H,14,15,16). The van der Waals surface area contributed by atoms with Crippen LogP contribution in [0.5, 0.6) is 5.88 Å². The maximum atomic E-state index is 5.32. The molecule has 1 aromatic rings. The molecule has 0 saturated carbocycles. The number of rotatable bonds is 6. The third-order valence-electron chi connectivity index (χ3n) is 2.86. The maximum Gasteiger partial charge on any atom is 0.225 e. The van der Waals surface area contributed by atoms with Crippen molar-refractivity contribution in [3.63, 3.8) is 0 Å². The first-order valence-corrected chi connectivity index (χ1v) is 6.31. The van der Waals surface area contributed by atoms with Crippen LogP contribution in [0.2, 0.25) is 0 Å². The van der Waals surface area contributed by atoms with Gasteiger partial charge in [-0.15, -0.1) is 0 Å². The van der Waals surface area contributed by atoms with Gasteiger partial charge in [0, 0.05) is 24.8 Å². The molecule has 1 aliphatic heterocycles. The maximum absolute atomic E-state index is 5.32. The van der Waals surface area contributed by atoms with Crippen LogP contribution in [0.4, 0.5) is 5.95 Å². The van der Waals surface area contributed by atoms with E-state index in [9.17, 15) is 0 Å². The van der Waals surface area contributed by atoms with Gasteiger partial charge in [0.2, 0.25) is 11.8 Å². The number of hydrogen-bond donors (Lipinski definition) is 2. The van der Waals surface area contributed by atoms with Gasteiger partial charge in [-0.2, -0.15) is 4.98 Å². The molecule has 0 bridgehead atoms. The van der Waals surface area contributed by atoms with Crippen molar-refractivity contribution in [3.05, 3.63) is 12.3 Å². The van der Waals surface area contributed by atoms with Gasteiger partial charge >= 0.3 is 0 Å². The second kappa shape index (κ2) is 6.39. The van der Waals surface area contributed by atoms with E-state index in [1.54, 1.807) is 12.3 Å². The minimum atomic E-state index is 0.627. The number of nitrogens with one attached hydrogen (secondary N) is 2. The lowest BCUT2D eigenvalue weighted by atomic mass is 10.1. The van der Waals surface area contributed by atoms with Gasteiger partial charge in [0.1, 0.15) is 0 Å². The number of nitrogens with zero attached hydrogens (tertiary/aromatic N) is 2. The van der Waals surface area contributed by atoms with Crippen LogP contribution in [-0.4, -0.2) is 35.7 Å². The van der Waals surface area contributed by atoms with E-state index in [-0.39, 0.29) is 0 Å². The van der Waals surface area contributed by atoms with Crippen molar-refractivity contribution in [1.82, 2.24) is 15.3 Å². The summed E-state index contributed by atoms with van der Waals surface area (Å²) in [5.74, 6) is 1.28. The van der Waals surface area contributed by atoms with E-state index in [1.165, 1.54) is 12.8 Å². The van der Waals surface area contributed by atoms with Crippen molar-refractivity contribution in [1.29, 1.82) is 0 Å². The molecular weight excluding hydrogens is 216 g/mol. The zero-order valence-electron chi connectivity index (χ0n) is 10.3. The van der Waals surface area contributed by atoms with Crippen molar-refractivity contribution in [2.45, 2.75) is 32.2 Å². The summed E-state index contributed by atoms with van der Waals surface area (Å²) in [6, 6.07) is 2.42. The van der Waals surface area contributed by atoms with Crippen molar-refractivity contribution in [2.24, 2.45) is 0 Å². The monoisotopic (exact) mass is 236 g/mol. The summed E-state index contributed by atoms with van der Waals surface area (Å²) < 4.78 is 5.32. The van der Waals surface area contributed by atoms with Gasteiger partial charge in [0.15, 0.2) is 0 Å². The van der Waals surface area contributed by atoms with Gasteiger partial charge in [-0.3, -0.25) is 0 Å². The predicted octanol–water partition coefficient (Wildman–Crippen LogP) is 1.43. The minimum Gasteiger partial charge on any atom is -0.478 e. The highest BCUT2D eigenvalue weighted by atomic mass is 16.5. The Kier molecular flexibility index (Phi) is 4.55. The molecule has 2 heterocycles. The van der Waals surface area contributed by atoms with Crippen molar-refractivity contribution in [2.75, 3.05) is 25.0 Å². The molecule has 1 aromatic heterocycles. The largest absolute Gasteiger partial charge is 0.478 e. The summed E-state index contributed by atoms with van der Waals surface area (Å²) in [6.45, 7) is 4.62. The second-order valence-corrected chi connectivity index (χ2v) is 4.16. The molecule has 1 atom stereocenters. The zero-order chi connectivity index (χ0) is 11.9. The molecule has 1 saturated heterocycles. The Morgan fingerprint density at radius 1 is 1.59 bits per heavy atom. The molecule has 94 valence electrons. The van der Waals surface area contributed by atoms with Crippen molar-refractivity contribution >= 4 is 5.95 Å². The van der Waals surface area contributed by atoms with E-state index in [4.69, 9.17) is 4.74 Å². The molecule has 1 fully saturated rings. The van der Waals surface area contributed by atoms with Crippen LogP contribution in [0, 0.1) is 0 Å². The fourth-order valence-corrected chi connectivity index (χ4v) is 2.02. The molecule has 2 N–H and O–H groups in total. The summed E-state index contributed by atoms with van der Waals surface area (Å²) in [5.41, 5.74) is 0. The van der Waals surface area contributed by atoms with Gasteiger partial charge < -0.3 is 15.4 Å². The Balaban J connectivity index is 1.75. The van der Waals surface area contributed by atoms with E-state index in [0.29, 0.717) is 24.5 Å². The molecule has 2 rings (SSSR count). The molecule has 1 unspecified atom stereocenters. The van der Waals surface area contributed by atoms with E-state index >= 15 is 0 Å². The highest BCUT2D eigenvalue weighted by Crippen LogP contribution is 2.10. The highest BCUT2D eigenvalue weighted by Gasteiger charge is 2.13. The Morgan fingerprint density at radius 2 is 2.53 bits per heavy atom. The molecule has 5 heteroatoms. The second-order valence-electron chi connectivity index (χ2n) is 4.16. The van der Waals surface area contributed by atoms with Gasteiger partial charge in [0.05, 0.1) is 6.61 Å². The van der Waals surface area contributed by atoms with Crippen molar-refractivity contribution in [3.8, 4) is 5.88 Å². The molecule has 0 aliphatic carbocycles. The van der Waals surface area contributed by atoms with Crippen LogP contribution in [0.1, 0.15) is 26.2 Å². The molecular formula is C12H20N4O. The van der Waals surface area contributed by atoms with Gasteiger partial charge in [-0.05, 0) is 32.7 Å². The van der Waals surface area contributed by atoms with Crippen LogP contribution >= 0.6 is 0 Å². The average Bonchev–Trinajstić information content (AvgIpc) is 2.83. The molecule has 0 amide bonds. The Labute approximate surface area is 102 Å². The van der Waals surface area contributed by atoms with Gasteiger partial charge in [0.25, 0.3) is 0 Å². The average molecular weight is 236 g/mol. The smallest absolute Gasteiger partial charge is 0.225 e. The fraction of sp³-hybridized carbons (Fsp3) is 0.667. The van der Waals surface area contributed by atoms with Gasteiger partial charge in [-0.1, -0.05) is 0 Å². The Morgan fingerprint density at radius 3 is 3.29 bits per heavy atom. The lowest BCUT2D eigenvalue weighted by Gasteiger charge is -2.11. The molecule has 17 heavy (non-hydrogen) atoms. The predicted molar refractivity (Wildman–Crippen MR) is 67.3 cm³/mol. The van der Waals surface area contributed by atoms with E-state index in [0.717, 1.165) is 19.5 Å². The fourth-order valence-electron chi connectivity index (χ4n) is 2.02. The molecule has 5 nitrogen and oxygen atoms in total. The van der Waals surface area contributed by atoms with Crippen LogP contribution < -0.4 is 15.4 Å². The number of hydrogen-bond acceptors (Lipinski definition) is 5. The minimum absolute atomic E-state index is 0.627. The SMILES string of the molecule is CCOc1ccnc(NCCC2CCCN2)n1. The van der Waals surface area contributed by atoms with Crippen LogP contribution in [0.15, 0.2) is 12.3 Å². The van der Waals surface area contributed by atoms with Crippen LogP contribution in [-0.2, 0) is 0 Å². The zero-order valence-corrected chi connectivity index (χ0v) is 10.3. The molecule has 1 aliphatic rings. The van der Waals surface area contributed by atoms with E-state index < -0.39 is 0 Å². The summed E-state index contributed by atoms with van der Waals surface area (Å²) >= 11 is 0. The molecule has 0 radical (unpaired) electrons. The first-order chi connectivity index (χ1) is 8.38. The Hall–Kier alpha value is -1.36. The number of ether oxygens (including phenoxy) is 1. The molecule has 0 aromatic carbocycles.